The highest BCUT2D eigenvalue weighted by Gasteiger charge is 2.38. The normalized spacial score (nSPS) is 15.1. The lowest BCUT2D eigenvalue weighted by atomic mass is 10.1. The van der Waals surface area contributed by atoms with Gasteiger partial charge in [-0.3, -0.25) is 19.7 Å². The molecule has 114 valence electrons. The third-order valence-corrected chi connectivity index (χ3v) is 4.12. The van der Waals surface area contributed by atoms with Gasteiger partial charge in [0.2, 0.25) is 5.78 Å². The number of allylic oxidation sites excluding steroid dienone is 1. The first-order valence-corrected chi connectivity index (χ1v) is 7.26. The number of hydrogen-bond acceptors (Lipinski definition) is 5. The fourth-order valence-corrected chi connectivity index (χ4v) is 2.81. The van der Waals surface area contributed by atoms with Crippen molar-refractivity contribution in [2.45, 2.75) is 0 Å². The maximum atomic E-state index is 12.4. The molecule has 2 aromatic rings. The second-order valence-corrected chi connectivity index (χ2v) is 5.74. The topological polar surface area (TPSA) is 97.5 Å². The molecule has 0 unspecified atom stereocenters. The Hall–Kier alpha value is -2.80. The SMILES string of the molecule is O=C1C(=Cc2ccc(O)c(Br)c2)C(=O)c2c1cccc2[N+](=O)[O-]. The van der Waals surface area contributed by atoms with Gasteiger partial charge in [0, 0.05) is 11.6 Å². The van der Waals surface area contributed by atoms with Crippen LogP contribution >= 0.6 is 15.9 Å². The highest BCUT2D eigenvalue weighted by Crippen LogP contribution is 2.34. The lowest BCUT2D eigenvalue weighted by Crippen LogP contribution is -2.02. The highest BCUT2D eigenvalue weighted by molar-refractivity contribution is 9.10. The Morgan fingerprint density at radius 2 is 1.87 bits per heavy atom. The molecule has 0 radical (unpaired) electrons. The number of halogens is 1. The van der Waals surface area contributed by atoms with Crippen LogP contribution in [0.5, 0.6) is 5.75 Å². The predicted molar refractivity (Wildman–Crippen MR) is 85.5 cm³/mol. The van der Waals surface area contributed by atoms with Gasteiger partial charge in [0.05, 0.1) is 15.0 Å². The van der Waals surface area contributed by atoms with Gasteiger partial charge in [-0.05, 0) is 45.8 Å². The Morgan fingerprint density at radius 1 is 1.13 bits per heavy atom. The largest absolute Gasteiger partial charge is 0.507 e. The number of nitro benzene ring substituents is 1. The van der Waals surface area contributed by atoms with Crippen molar-refractivity contribution >= 4 is 39.3 Å². The molecule has 1 N–H and O–H groups in total. The Labute approximate surface area is 138 Å². The van der Waals surface area contributed by atoms with E-state index in [1.165, 1.54) is 36.4 Å². The number of hydrogen-bond donors (Lipinski definition) is 1. The molecule has 0 saturated heterocycles. The summed E-state index contributed by atoms with van der Waals surface area (Å²) in [6.07, 6.45) is 1.36. The van der Waals surface area contributed by atoms with Gasteiger partial charge in [0.15, 0.2) is 5.78 Å². The molecule has 0 fully saturated rings. The second kappa shape index (κ2) is 5.44. The van der Waals surface area contributed by atoms with E-state index in [4.69, 9.17) is 0 Å². The summed E-state index contributed by atoms with van der Waals surface area (Å²) in [5, 5.41) is 20.5. The smallest absolute Gasteiger partial charge is 0.281 e. The van der Waals surface area contributed by atoms with Crippen LogP contribution in [0.3, 0.4) is 0 Å². The van der Waals surface area contributed by atoms with Crippen LogP contribution in [0.4, 0.5) is 5.69 Å². The molecule has 0 saturated carbocycles. The monoisotopic (exact) mass is 373 g/mol. The van der Waals surface area contributed by atoms with Gasteiger partial charge in [0.1, 0.15) is 11.3 Å². The van der Waals surface area contributed by atoms with Crippen molar-refractivity contribution in [1.29, 1.82) is 0 Å². The summed E-state index contributed by atoms with van der Waals surface area (Å²) in [4.78, 5) is 35.2. The standard InChI is InChI=1S/C16H8BrNO5/c17-11-7-8(4-5-13(11)19)6-10-15(20)9-2-1-3-12(18(22)23)14(9)16(10)21/h1-7,19H. The number of fused-ring (bicyclic) bond motifs is 1. The number of benzene rings is 2. The maximum Gasteiger partial charge on any atom is 0.281 e. The first-order valence-electron chi connectivity index (χ1n) is 6.47. The van der Waals surface area contributed by atoms with Crippen molar-refractivity contribution in [2.75, 3.05) is 0 Å². The molecule has 23 heavy (non-hydrogen) atoms. The molecule has 0 aliphatic heterocycles. The summed E-state index contributed by atoms with van der Waals surface area (Å²) in [6.45, 7) is 0. The Bertz CT molecular complexity index is 917. The lowest BCUT2D eigenvalue weighted by molar-refractivity contribution is -0.385. The molecule has 0 bridgehead atoms. The minimum atomic E-state index is -0.676. The maximum absolute atomic E-state index is 12.4. The van der Waals surface area contributed by atoms with Crippen LogP contribution in [0, 0.1) is 10.1 Å². The number of phenolic OH excluding ortho intramolecular Hbond substituents is 1. The second-order valence-electron chi connectivity index (χ2n) is 4.88. The van der Waals surface area contributed by atoms with Gasteiger partial charge in [-0.2, -0.15) is 0 Å². The lowest BCUT2D eigenvalue weighted by Gasteiger charge is -1.99. The van der Waals surface area contributed by atoms with Crippen molar-refractivity contribution in [2.24, 2.45) is 0 Å². The van der Waals surface area contributed by atoms with E-state index < -0.39 is 16.5 Å². The molecule has 0 amide bonds. The predicted octanol–water partition coefficient (Wildman–Crippen LogP) is 3.53. The van der Waals surface area contributed by atoms with Crippen molar-refractivity contribution < 1.29 is 19.6 Å². The number of aromatic hydroxyl groups is 1. The quantitative estimate of drug-likeness (QED) is 0.375. The first kappa shape index (κ1) is 15.1. The molecular formula is C16H8BrNO5. The minimum absolute atomic E-state index is 0.0233. The van der Waals surface area contributed by atoms with Crippen LogP contribution in [0.15, 0.2) is 46.4 Å². The molecule has 0 spiro atoms. The molecule has 2 aromatic carbocycles. The van der Waals surface area contributed by atoms with Crippen molar-refractivity contribution in [3.8, 4) is 5.75 Å². The molecule has 7 heteroatoms. The molecule has 1 aliphatic carbocycles. The fourth-order valence-electron chi connectivity index (χ4n) is 2.41. The van der Waals surface area contributed by atoms with Gasteiger partial charge < -0.3 is 5.11 Å². The zero-order valence-electron chi connectivity index (χ0n) is 11.4. The summed E-state index contributed by atoms with van der Waals surface area (Å²) >= 11 is 3.15. The number of Topliss-reactive ketones (excluding diaryl/α,β-unsaturated/α-hetero) is 2. The highest BCUT2D eigenvalue weighted by atomic mass is 79.9. The Balaban J connectivity index is 2.13. The Morgan fingerprint density at radius 3 is 2.52 bits per heavy atom. The van der Waals surface area contributed by atoms with Crippen molar-refractivity contribution in [3.05, 3.63) is 73.2 Å². The summed E-state index contributed by atoms with van der Waals surface area (Å²) in [7, 11) is 0. The summed E-state index contributed by atoms with van der Waals surface area (Å²) in [5.41, 5.74) is -0.134. The molecule has 1 aliphatic rings. The average Bonchev–Trinajstić information content (AvgIpc) is 2.76. The number of ketones is 2. The summed E-state index contributed by atoms with van der Waals surface area (Å²) in [5.74, 6) is -1.19. The zero-order valence-corrected chi connectivity index (χ0v) is 13.0. The van der Waals surface area contributed by atoms with Crippen molar-refractivity contribution in [1.82, 2.24) is 0 Å². The molecule has 0 atom stereocenters. The van der Waals surface area contributed by atoms with Gasteiger partial charge in [-0.25, -0.2) is 0 Å². The van der Waals surface area contributed by atoms with E-state index in [1.54, 1.807) is 6.07 Å². The fraction of sp³-hybridized carbons (Fsp3) is 0. The first-order chi connectivity index (χ1) is 10.9. The molecule has 0 aromatic heterocycles. The molecule has 6 nitrogen and oxygen atoms in total. The van der Waals surface area contributed by atoms with Crippen LogP contribution in [0.2, 0.25) is 0 Å². The van der Waals surface area contributed by atoms with Crippen LogP contribution < -0.4 is 0 Å². The number of phenols is 1. The summed E-state index contributed by atoms with van der Waals surface area (Å²) in [6, 6.07) is 8.46. The minimum Gasteiger partial charge on any atom is -0.507 e. The van der Waals surface area contributed by atoms with Crippen LogP contribution in [0.1, 0.15) is 26.3 Å². The third kappa shape index (κ3) is 2.44. The number of carbonyl (C=O) groups is 2. The van der Waals surface area contributed by atoms with E-state index in [9.17, 15) is 24.8 Å². The Kier molecular flexibility index (Phi) is 3.57. The molecular weight excluding hydrogens is 366 g/mol. The molecule has 3 rings (SSSR count). The average molecular weight is 374 g/mol. The van der Waals surface area contributed by atoms with E-state index in [2.05, 4.69) is 15.9 Å². The van der Waals surface area contributed by atoms with E-state index in [0.717, 1.165) is 0 Å². The van der Waals surface area contributed by atoms with E-state index in [0.29, 0.717) is 10.0 Å². The number of nitro groups is 1. The van der Waals surface area contributed by atoms with Gasteiger partial charge in [0.25, 0.3) is 5.69 Å². The number of carbonyl (C=O) groups excluding carboxylic acids is 2. The third-order valence-electron chi connectivity index (χ3n) is 3.48. The number of nitrogens with zero attached hydrogens (tertiary/aromatic N) is 1. The van der Waals surface area contributed by atoms with E-state index in [1.807, 2.05) is 0 Å². The number of rotatable bonds is 2. The summed E-state index contributed by atoms with van der Waals surface area (Å²) < 4.78 is 0.410. The molecule has 0 heterocycles. The van der Waals surface area contributed by atoms with E-state index >= 15 is 0 Å². The van der Waals surface area contributed by atoms with E-state index in [-0.39, 0.29) is 28.1 Å². The van der Waals surface area contributed by atoms with Crippen LogP contribution in [-0.4, -0.2) is 21.6 Å². The van der Waals surface area contributed by atoms with Gasteiger partial charge in [-0.1, -0.05) is 12.1 Å². The van der Waals surface area contributed by atoms with Crippen LogP contribution in [0.25, 0.3) is 6.08 Å². The van der Waals surface area contributed by atoms with Crippen LogP contribution in [-0.2, 0) is 0 Å². The zero-order chi connectivity index (χ0) is 16.7. The van der Waals surface area contributed by atoms with Crippen molar-refractivity contribution in [3.63, 3.8) is 0 Å². The van der Waals surface area contributed by atoms with Gasteiger partial charge >= 0.3 is 0 Å². The van der Waals surface area contributed by atoms with Gasteiger partial charge in [-0.15, -0.1) is 0 Å².